The molecule has 5 nitrogen and oxygen atoms in total. The standard InChI is InChI=1S/C14H18N2O3/c15-11-5-1-9(2-6-11)13(17)16-12-7-3-10(4-8-12)14(18)19/h1-2,5-6,10,12H,3-4,7-8,15H2,(H,16,17)(H,18,19). The highest BCUT2D eigenvalue weighted by atomic mass is 16.4. The fourth-order valence-corrected chi connectivity index (χ4v) is 2.39. The lowest BCUT2D eigenvalue weighted by atomic mass is 9.86. The van der Waals surface area contributed by atoms with Crippen LogP contribution in [0.2, 0.25) is 0 Å². The van der Waals surface area contributed by atoms with Crippen molar-refractivity contribution in [3.8, 4) is 0 Å². The second-order valence-electron chi connectivity index (χ2n) is 4.98. The Hall–Kier alpha value is -2.04. The minimum absolute atomic E-state index is 0.0700. The van der Waals surface area contributed by atoms with Crippen molar-refractivity contribution in [2.24, 2.45) is 5.92 Å². The molecule has 1 amide bonds. The van der Waals surface area contributed by atoms with Crippen LogP contribution in [-0.4, -0.2) is 23.0 Å². The Balaban J connectivity index is 1.87. The number of rotatable bonds is 3. The smallest absolute Gasteiger partial charge is 0.306 e. The van der Waals surface area contributed by atoms with Crippen molar-refractivity contribution >= 4 is 17.6 Å². The first kappa shape index (κ1) is 13.4. The predicted octanol–water partition coefficient (Wildman–Crippen LogP) is 1.64. The SMILES string of the molecule is Nc1ccc(C(=O)NC2CCC(C(=O)O)CC2)cc1. The van der Waals surface area contributed by atoms with Crippen LogP contribution in [-0.2, 0) is 4.79 Å². The Morgan fingerprint density at radius 3 is 2.21 bits per heavy atom. The molecule has 0 bridgehead atoms. The summed E-state index contributed by atoms with van der Waals surface area (Å²) in [6, 6.07) is 6.83. The Morgan fingerprint density at radius 2 is 1.68 bits per heavy atom. The van der Waals surface area contributed by atoms with Gasteiger partial charge in [-0.15, -0.1) is 0 Å². The molecule has 0 heterocycles. The Bertz CT molecular complexity index is 462. The number of hydrogen-bond donors (Lipinski definition) is 3. The summed E-state index contributed by atoms with van der Waals surface area (Å²) in [4.78, 5) is 22.8. The number of carboxylic acids is 1. The molecule has 0 saturated heterocycles. The van der Waals surface area contributed by atoms with Crippen molar-refractivity contribution in [3.05, 3.63) is 29.8 Å². The van der Waals surface area contributed by atoms with E-state index in [1.54, 1.807) is 24.3 Å². The molecule has 0 atom stereocenters. The molecule has 4 N–H and O–H groups in total. The first-order valence-corrected chi connectivity index (χ1v) is 6.45. The van der Waals surface area contributed by atoms with Crippen molar-refractivity contribution in [1.82, 2.24) is 5.32 Å². The summed E-state index contributed by atoms with van der Waals surface area (Å²) in [6.07, 6.45) is 2.69. The zero-order valence-corrected chi connectivity index (χ0v) is 10.6. The average Bonchev–Trinajstić information content (AvgIpc) is 2.40. The summed E-state index contributed by atoms with van der Waals surface area (Å²) >= 11 is 0. The topological polar surface area (TPSA) is 92.4 Å². The Kier molecular flexibility index (Phi) is 4.04. The van der Waals surface area contributed by atoms with Gasteiger partial charge in [-0.2, -0.15) is 0 Å². The van der Waals surface area contributed by atoms with E-state index in [0.717, 1.165) is 12.8 Å². The van der Waals surface area contributed by atoms with Gasteiger partial charge in [0.1, 0.15) is 0 Å². The molecule has 1 saturated carbocycles. The van der Waals surface area contributed by atoms with Crippen LogP contribution in [0.3, 0.4) is 0 Å². The van der Waals surface area contributed by atoms with Crippen LogP contribution in [0.15, 0.2) is 24.3 Å². The van der Waals surface area contributed by atoms with E-state index in [4.69, 9.17) is 10.8 Å². The number of nitrogens with one attached hydrogen (secondary N) is 1. The maximum Gasteiger partial charge on any atom is 0.306 e. The summed E-state index contributed by atoms with van der Waals surface area (Å²) in [7, 11) is 0. The molecule has 2 rings (SSSR count). The zero-order chi connectivity index (χ0) is 13.8. The number of amides is 1. The monoisotopic (exact) mass is 262 g/mol. The molecule has 0 spiro atoms. The van der Waals surface area contributed by atoms with Gasteiger partial charge in [0.25, 0.3) is 5.91 Å². The summed E-state index contributed by atoms with van der Waals surface area (Å²) < 4.78 is 0. The molecule has 1 aromatic rings. The van der Waals surface area contributed by atoms with Crippen molar-refractivity contribution in [2.75, 3.05) is 5.73 Å². The molecule has 1 aromatic carbocycles. The van der Waals surface area contributed by atoms with Crippen LogP contribution in [0.5, 0.6) is 0 Å². The fourth-order valence-electron chi connectivity index (χ4n) is 2.39. The van der Waals surface area contributed by atoms with Gasteiger partial charge in [0.2, 0.25) is 0 Å². The van der Waals surface area contributed by atoms with E-state index in [1.807, 2.05) is 0 Å². The van der Waals surface area contributed by atoms with Crippen LogP contribution < -0.4 is 11.1 Å². The lowest BCUT2D eigenvalue weighted by Crippen LogP contribution is -2.38. The third kappa shape index (κ3) is 3.47. The number of hydrogen-bond acceptors (Lipinski definition) is 3. The van der Waals surface area contributed by atoms with Gasteiger partial charge < -0.3 is 16.2 Å². The van der Waals surface area contributed by atoms with E-state index in [0.29, 0.717) is 24.1 Å². The van der Waals surface area contributed by atoms with Crippen LogP contribution in [0.25, 0.3) is 0 Å². The van der Waals surface area contributed by atoms with Gasteiger partial charge in [0.15, 0.2) is 0 Å². The summed E-state index contributed by atoms with van der Waals surface area (Å²) in [5.41, 5.74) is 6.77. The molecular formula is C14H18N2O3. The zero-order valence-electron chi connectivity index (χ0n) is 10.6. The highest BCUT2D eigenvalue weighted by Crippen LogP contribution is 2.24. The molecule has 102 valence electrons. The quantitative estimate of drug-likeness (QED) is 0.722. The van der Waals surface area contributed by atoms with Crippen molar-refractivity contribution < 1.29 is 14.7 Å². The lowest BCUT2D eigenvalue weighted by Gasteiger charge is -2.26. The summed E-state index contributed by atoms with van der Waals surface area (Å²) in [6.45, 7) is 0. The van der Waals surface area contributed by atoms with Crippen molar-refractivity contribution in [2.45, 2.75) is 31.7 Å². The average molecular weight is 262 g/mol. The first-order chi connectivity index (χ1) is 9.06. The number of nitrogen functional groups attached to an aromatic ring is 1. The second-order valence-corrected chi connectivity index (χ2v) is 4.98. The number of carbonyl (C=O) groups is 2. The van der Waals surface area contributed by atoms with Gasteiger partial charge in [-0.25, -0.2) is 0 Å². The summed E-state index contributed by atoms with van der Waals surface area (Å²) in [5.74, 6) is -1.12. The summed E-state index contributed by atoms with van der Waals surface area (Å²) in [5, 5.41) is 11.9. The van der Waals surface area contributed by atoms with Gasteiger partial charge in [-0.05, 0) is 49.9 Å². The van der Waals surface area contributed by atoms with E-state index >= 15 is 0 Å². The predicted molar refractivity (Wildman–Crippen MR) is 71.7 cm³/mol. The Labute approximate surface area is 111 Å². The van der Waals surface area contributed by atoms with Gasteiger partial charge in [-0.3, -0.25) is 9.59 Å². The molecule has 19 heavy (non-hydrogen) atoms. The number of carbonyl (C=O) groups excluding carboxylic acids is 1. The number of nitrogens with two attached hydrogens (primary N) is 1. The normalized spacial score (nSPS) is 22.7. The molecular weight excluding hydrogens is 244 g/mol. The molecule has 0 radical (unpaired) electrons. The molecule has 5 heteroatoms. The van der Waals surface area contributed by atoms with Gasteiger partial charge >= 0.3 is 5.97 Å². The first-order valence-electron chi connectivity index (χ1n) is 6.45. The third-order valence-corrected chi connectivity index (χ3v) is 3.58. The highest BCUT2D eigenvalue weighted by Gasteiger charge is 2.26. The van der Waals surface area contributed by atoms with Crippen LogP contribution in [0, 0.1) is 5.92 Å². The van der Waals surface area contributed by atoms with Gasteiger partial charge in [0, 0.05) is 17.3 Å². The van der Waals surface area contributed by atoms with E-state index in [2.05, 4.69) is 5.32 Å². The van der Waals surface area contributed by atoms with Gasteiger partial charge in [0.05, 0.1) is 5.92 Å². The van der Waals surface area contributed by atoms with E-state index in [-0.39, 0.29) is 17.9 Å². The van der Waals surface area contributed by atoms with Crippen molar-refractivity contribution in [3.63, 3.8) is 0 Å². The lowest BCUT2D eigenvalue weighted by molar-refractivity contribution is -0.142. The number of benzene rings is 1. The van der Waals surface area contributed by atoms with E-state index in [9.17, 15) is 9.59 Å². The van der Waals surface area contributed by atoms with Crippen LogP contribution in [0.1, 0.15) is 36.0 Å². The molecule has 1 aliphatic carbocycles. The molecule has 0 aromatic heterocycles. The number of aliphatic carboxylic acids is 1. The minimum atomic E-state index is -0.733. The largest absolute Gasteiger partial charge is 0.481 e. The molecule has 0 unspecified atom stereocenters. The molecule has 0 aliphatic heterocycles. The van der Waals surface area contributed by atoms with E-state index < -0.39 is 5.97 Å². The van der Waals surface area contributed by atoms with Gasteiger partial charge in [-0.1, -0.05) is 0 Å². The second kappa shape index (κ2) is 5.73. The highest BCUT2D eigenvalue weighted by molar-refractivity contribution is 5.94. The van der Waals surface area contributed by atoms with Crippen LogP contribution in [0.4, 0.5) is 5.69 Å². The fraction of sp³-hybridized carbons (Fsp3) is 0.429. The number of anilines is 1. The Morgan fingerprint density at radius 1 is 1.11 bits per heavy atom. The van der Waals surface area contributed by atoms with E-state index in [1.165, 1.54) is 0 Å². The maximum atomic E-state index is 12.0. The third-order valence-electron chi connectivity index (χ3n) is 3.58. The van der Waals surface area contributed by atoms with Crippen LogP contribution >= 0.6 is 0 Å². The number of carboxylic acid groups (broad SMARTS) is 1. The molecule has 1 aliphatic rings. The molecule has 1 fully saturated rings. The maximum absolute atomic E-state index is 12.0. The van der Waals surface area contributed by atoms with Crippen molar-refractivity contribution in [1.29, 1.82) is 0 Å². The minimum Gasteiger partial charge on any atom is -0.481 e.